The minimum absolute atomic E-state index is 0.350. The summed E-state index contributed by atoms with van der Waals surface area (Å²) < 4.78 is 33.7. The van der Waals surface area contributed by atoms with Crippen molar-refractivity contribution in [3.05, 3.63) is 48.0 Å². The molecule has 1 heterocycles. The number of aryl methyl sites for hydroxylation is 1. The van der Waals surface area contributed by atoms with Crippen LogP contribution in [0.15, 0.2) is 42.5 Å². The van der Waals surface area contributed by atoms with Crippen molar-refractivity contribution in [2.45, 2.75) is 6.92 Å². The molecule has 0 aliphatic carbocycles. The predicted octanol–water partition coefficient (Wildman–Crippen LogP) is 1.63. The second-order valence-electron chi connectivity index (χ2n) is 4.29. The van der Waals surface area contributed by atoms with Crippen LogP contribution in [0.1, 0.15) is 5.56 Å². The van der Waals surface area contributed by atoms with E-state index in [1.54, 1.807) is 36.4 Å². The lowest BCUT2D eigenvalue weighted by Gasteiger charge is -2.03. The van der Waals surface area contributed by atoms with Gasteiger partial charge in [-0.2, -0.15) is 0 Å². The maximum Gasteiger partial charge on any atom is 0.512 e. The summed E-state index contributed by atoms with van der Waals surface area (Å²) >= 11 is 0. The van der Waals surface area contributed by atoms with E-state index in [0.29, 0.717) is 22.1 Å². The van der Waals surface area contributed by atoms with Crippen molar-refractivity contribution in [2.24, 2.45) is 0 Å². The lowest BCUT2D eigenvalue weighted by atomic mass is 10.2. The van der Waals surface area contributed by atoms with E-state index >= 15 is 0 Å². The van der Waals surface area contributed by atoms with Gasteiger partial charge in [0.05, 0.1) is 0 Å². The van der Waals surface area contributed by atoms with Crippen molar-refractivity contribution < 1.29 is 16.9 Å². The summed E-state index contributed by atoms with van der Waals surface area (Å²) in [5, 5.41) is 0. The molecular weight excluding hydrogens is 264 g/mol. The number of nitrogens with zero attached hydrogens (tertiary/aromatic N) is 2. The van der Waals surface area contributed by atoms with Crippen molar-refractivity contribution >= 4 is 32.4 Å². The highest BCUT2D eigenvalue weighted by Gasteiger charge is 2.27. The Hall–Kier alpha value is -2.05. The number of fused-ring (bicyclic) bond motifs is 2. The Bertz CT molecular complexity index is 904. The van der Waals surface area contributed by atoms with Gasteiger partial charge in [-0.1, -0.05) is 24.3 Å². The summed E-state index contributed by atoms with van der Waals surface area (Å²) in [6.45, 7) is 1.85. The number of aromatic nitrogens is 2. The van der Waals surface area contributed by atoms with Crippen molar-refractivity contribution in [2.75, 3.05) is 0 Å². The van der Waals surface area contributed by atoms with E-state index in [2.05, 4.69) is 4.98 Å². The van der Waals surface area contributed by atoms with Crippen LogP contribution in [-0.2, 0) is 10.3 Å². The molecule has 0 fully saturated rings. The largest absolute Gasteiger partial charge is 0.512 e. The topological polar surface area (TPSA) is 71.1 Å². The number of benzene rings is 2. The molecule has 0 radical (unpaired) electrons. The second kappa shape index (κ2) is 3.97. The summed E-state index contributed by atoms with van der Waals surface area (Å²) in [5.74, 6) is 0. The fourth-order valence-electron chi connectivity index (χ4n) is 2.18. The average Bonchev–Trinajstić information content (AvgIpc) is 2.35. The standard InChI is InChI=1S/C13H10N2O3S/c1-9-5-4-8-12-13(9)14-10-6-2-3-7-11(10)15(12)19(16,17)18/h2-8H,1H3/p+1. The Morgan fingerprint density at radius 3 is 2.47 bits per heavy atom. The molecule has 96 valence electrons. The van der Waals surface area contributed by atoms with Gasteiger partial charge in [-0.3, -0.25) is 0 Å². The summed E-state index contributed by atoms with van der Waals surface area (Å²) in [4.78, 5) is 4.46. The molecule has 0 bridgehead atoms. The smallest absolute Gasteiger partial charge is 0.235 e. The molecule has 6 heteroatoms. The highest BCUT2D eigenvalue weighted by atomic mass is 32.2. The summed E-state index contributed by atoms with van der Waals surface area (Å²) in [7, 11) is -4.40. The van der Waals surface area contributed by atoms with Gasteiger partial charge in [0, 0.05) is 12.1 Å². The molecule has 19 heavy (non-hydrogen) atoms. The number of hydrogen-bond donors (Lipinski definition) is 1. The zero-order valence-electron chi connectivity index (χ0n) is 10.1. The van der Waals surface area contributed by atoms with Gasteiger partial charge in [-0.15, -0.1) is 8.42 Å². The van der Waals surface area contributed by atoms with Gasteiger partial charge in [0.2, 0.25) is 0 Å². The first-order valence-electron chi connectivity index (χ1n) is 5.66. The molecule has 1 N–H and O–H groups in total. The van der Waals surface area contributed by atoms with E-state index in [-0.39, 0.29) is 0 Å². The van der Waals surface area contributed by atoms with Crippen LogP contribution in [0.3, 0.4) is 0 Å². The van der Waals surface area contributed by atoms with Gasteiger partial charge in [0.1, 0.15) is 11.0 Å². The first-order valence-corrected chi connectivity index (χ1v) is 7.06. The highest BCUT2D eigenvalue weighted by molar-refractivity contribution is 7.79. The van der Waals surface area contributed by atoms with Crippen molar-refractivity contribution in [3.63, 3.8) is 0 Å². The SMILES string of the molecule is Cc1cccc2c1nc1ccccc1[n+]2S(=O)(=O)O. The van der Waals surface area contributed by atoms with E-state index in [0.717, 1.165) is 9.54 Å². The van der Waals surface area contributed by atoms with Crippen LogP contribution in [0.2, 0.25) is 0 Å². The molecule has 0 spiro atoms. The lowest BCUT2D eigenvalue weighted by Crippen LogP contribution is -2.44. The quantitative estimate of drug-likeness (QED) is 0.416. The van der Waals surface area contributed by atoms with Gasteiger partial charge in [0.15, 0.2) is 0 Å². The zero-order chi connectivity index (χ0) is 13.6. The van der Waals surface area contributed by atoms with Gasteiger partial charge < -0.3 is 0 Å². The monoisotopic (exact) mass is 275 g/mol. The van der Waals surface area contributed by atoms with Gasteiger partial charge in [-0.25, -0.2) is 9.54 Å². The van der Waals surface area contributed by atoms with Crippen LogP contribution in [0.4, 0.5) is 0 Å². The second-order valence-corrected chi connectivity index (χ2v) is 5.55. The van der Waals surface area contributed by atoms with E-state index in [9.17, 15) is 13.0 Å². The molecule has 3 aromatic rings. The molecule has 0 amide bonds. The highest BCUT2D eigenvalue weighted by Crippen LogP contribution is 2.17. The summed E-state index contributed by atoms with van der Waals surface area (Å²) in [6, 6.07) is 12.0. The summed E-state index contributed by atoms with van der Waals surface area (Å²) in [5.41, 5.74) is 2.63. The van der Waals surface area contributed by atoms with Crippen LogP contribution in [0.5, 0.6) is 0 Å². The maximum atomic E-state index is 11.7. The van der Waals surface area contributed by atoms with E-state index in [4.69, 9.17) is 0 Å². The molecule has 0 saturated carbocycles. The minimum Gasteiger partial charge on any atom is -0.235 e. The van der Waals surface area contributed by atoms with Gasteiger partial charge in [-0.05, 0) is 22.5 Å². The van der Waals surface area contributed by atoms with Crippen LogP contribution in [-0.4, -0.2) is 18.0 Å². The molecule has 5 nitrogen and oxygen atoms in total. The van der Waals surface area contributed by atoms with Gasteiger partial charge in [0.25, 0.3) is 11.0 Å². The van der Waals surface area contributed by atoms with Crippen LogP contribution < -0.4 is 3.97 Å². The van der Waals surface area contributed by atoms with E-state index in [1.165, 1.54) is 0 Å². The Morgan fingerprint density at radius 1 is 1.05 bits per heavy atom. The normalized spacial score (nSPS) is 12.1. The first-order chi connectivity index (χ1) is 8.98. The molecule has 0 aliphatic heterocycles. The van der Waals surface area contributed by atoms with Crippen molar-refractivity contribution in [1.29, 1.82) is 0 Å². The molecule has 3 rings (SSSR count). The molecule has 2 aromatic carbocycles. The number of hydrogen-bond acceptors (Lipinski definition) is 3. The minimum atomic E-state index is -4.40. The van der Waals surface area contributed by atoms with Crippen LogP contribution in [0, 0.1) is 6.92 Å². The number of para-hydroxylation sites is 3. The predicted molar refractivity (Wildman–Crippen MR) is 71.1 cm³/mol. The molecule has 0 atom stereocenters. The third-order valence-corrected chi connectivity index (χ3v) is 3.85. The number of rotatable bonds is 1. The Morgan fingerprint density at radius 2 is 1.74 bits per heavy atom. The molecule has 0 unspecified atom stereocenters. The Balaban J connectivity index is 2.69. The molecule has 0 aliphatic rings. The fourth-order valence-corrected chi connectivity index (χ4v) is 2.98. The maximum absolute atomic E-state index is 11.7. The fraction of sp³-hybridized carbons (Fsp3) is 0.0769. The van der Waals surface area contributed by atoms with Crippen molar-refractivity contribution in [3.8, 4) is 0 Å². The third-order valence-electron chi connectivity index (χ3n) is 3.00. The van der Waals surface area contributed by atoms with Crippen LogP contribution in [0.25, 0.3) is 22.1 Å². The Kier molecular flexibility index (Phi) is 2.51. The van der Waals surface area contributed by atoms with E-state index < -0.39 is 10.3 Å². The van der Waals surface area contributed by atoms with Crippen molar-refractivity contribution in [1.82, 2.24) is 4.98 Å². The third kappa shape index (κ3) is 1.85. The van der Waals surface area contributed by atoms with Crippen LogP contribution >= 0.6 is 0 Å². The average molecular weight is 275 g/mol. The first kappa shape index (κ1) is 12.0. The summed E-state index contributed by atoms with van der Waals surface area (Å²) in [6.07, 6.45) is 0. The molecular formula is C13H11N2O3S+. The van der Waals surface area contributed by atoms with E-state index in [1.807, 2.05) is 13.0 Å². The molecule has 0 saturated heterocycles. The zero-order valence-corrected chi connectivity index (χ0v) is 10.9. The van der Waals surface area contributed by atoms with Gasteiger partial charge >= 0.3 is 10.3 Å². The lowest BCUT2D eigenvalue weighted by molar-refractivity contribution is -0.459. The Labute approximate surface area is 110 Å². The molecule has 1 aromatic heterocycles.